The van der Waals surface area contributed by atoms with Crippen LogP contribution in [-0.2, 0) is 6.54 Å². The molecule has 0 spiro atoms. The summed E-state index contributed by atoms with van der Waals surface area (Å²) in [6.07, 6.45) is 3.35. The Kier molecular flexibility index (Phi) is 2.18. The number of rotatable bonds is 1. The molecule has 1 aliphatic heterocycles. The van der Waals surface area contributed by atoms with Crippen LogP contribution in [0.5, 0.6) is 0 Å². The van der Waals surface area contributed by atoms with E-state index in [0.29, 0.717) is 17.8 Å². The number of carbonyl (C=O) groups excluding carboxylic acids is 1. The molecular weight excluding hydrogens is 257 g/mol. The molecule has 0 atom stereocenters. The molecule has 2 aromatic heterocycles. The lowest BCUT2D eigenvalue weighted by Gasteiger charge is -2.06. The Balaban J connectivity index is 1.99. The van der Waals surface area contributed by atoms with Crippen molar-refractivity contribution in [1.82, 2.24) is 14.7 Å². The molecule has 4 nitrogen and oxygen atoms in total. The molecule has 0 radical (unpaired) electrons. The quantitative estimate of drug-likeness (QED) is 0.735. The number of imidazole rings is 1. The first kappa shape index (κ1) is 11.2. The first-order chi connectivity index (χ1) is 9.74. The van der Waals surface area contributed by atoms with E-state index in [2.05, 4.69) is 10.3 Å². The Morgan fingerprint density at radius 2 is 2.10 bits per heavy atom. The van der Waals surface area contributed by atoms with Gasteiger partial charge in [-0.05, 0) is 17.7 Å². The van der Waals surface area contributed by atoms with Crippen LogP contribution in [0.25, 0.3) is 16.9 Å². The van der Waals surface area contributed by atoms with Crippen LogP contribution in [0.2, 0.25) is 0 Å². The van der Waals surface area contributed by atoms with Crippen LogP contribution in [0.1, 0.15) is 15.9 Å². The third kappa shape index (κ3) is 1.46. The van der Waals surface area contributed by atoms with Gasteiger partial charge >= 0.3 is 0 Å². The molecule has 4 rings (SSSR count). The maximum absolute atomic E-state index is 13.2. The molecule has 0 fully saturated rings. The molecule has 1 aliphatic rings. The number of fused-ring (bicyclic) bond motifs is 2. The number of carbonyl (C=O) groups is 1. The van der Waals surface area contributed by atoms with Crippen molar-refractivity contribution in [3.8, 4) is 11.3 Å². The first-order valence-electron chi connectivity index (χ1n) is 6.27. The summed E-state index contributed by atoms with van der Waals surface area (Å²) in [6.45, 7) is 0.513. The lowest BCUT2D eigenvalue weighted by atomic mass is 10.0. The Bertz CT molecular complexity index is 853. The van der Waals surface area contributed by atoms with Crippen LogP contribution in [0.3, 0.4) is 0 Å². The van der Waals surface area contributed by atoms with Gasteiger partial charge in [0.2, 0.25) is 0 Å². The first-order valence-corrected chi connectivity index (χ1v) is 6.27. The van der Waals surface area contributed by atoms with Gasteiger partial charge in [0.25, 0.3) is 5.91 Å². The predicted octanol–water partition coefficient (Wildman–Crippen LogP) is 2.38. The second-order valence-corrected chi connectivity index (χ2v) is 4.73. The molecular formula is C15H10FN3O. The summed E-state index contributed by atoms with van der Waals surface area (Å²) in [4.78, 5) is 15.9. The lowest BCUT2D eigenvalue weighted by molar-refractivity contribution is 0.0966. The van der Waals surface area contributed by atoms with Crippen LogP contribution >= 0.6 is 0 Å². The number of hydrogen-bond donors (Lipinski definition) is 1. The van der Waals surface area contributed by atoms with Crippen molar-refractivity contribution in [3.05, 3.63) is 59.7 Å². The number of nitrogens with one attached hydrogen (secondary N) is 1. The highest BCUT2D eigenvalue weighted by atomic mass is 19.1. The van der Waals surface area contributed by atoms with Gasteiger partial charge in [0.15, 0.2) is 0 Å². The van der Waals surface area contributed by atoms with Crippen molar-refractivity contribution >= 4 is 11.6 Å². The predicted molar refractivity (Wildman–Crippen MR) is 71.8 cm³/mol. The third-order valence-electron chi connectivity index (χ3n) is 3.60. The fraction of sp³-hybridized carbons (Fsp3) is 0.0667. The van der Waals surface area contributed by atoms with Gasteiger partial charge in [-0.1, -0.05) is 12.1 Å². The van der Waals surface area contributed by atoms with Crippen LogP contribution in [-0.4, -0.2) is 15.3 Å². The van der Waals surface area contributed by atoms with E-state index in [1.165, 1.54) is 12.1 Å². The van der Waals surface area contributed by atoms with E-state index in [1.54, 1.807) is 12.4 Å². The van der Waals surface area contributed by atoms with Crippen molar-refractivity contribution in [2.24, 2.45) is 0 Å². The minimum Gasteiger partial charge on any atom is -0.348 e. The van der Waals surface area contributed by atoms with E-state index in [1.807, 2.05) is 22.6 Å². The highest BCUT2D eigenvalue weighted by molar-refractivity contribution is 6.00. The van der Waals surface area contributed by atoms with Gasteiger partial charge in [-0.2, -0.15) is 0 Å². The highest BCUT2D eigenvalue weighted by Gasteiger charge is 2.22. The van der Waals surface area contributed by atoms with Gasteiger partial charge in [-0.15, -0.1) is 0 Å². The van der Waals surface area contributed by atoms with Gasteiger partial charge < -0.3 is 5.32 Å². The van der Waals surface area contributed by atoms with Crippen molar-refractivity contribution in [2.45, 2.75) is 6.54 Å². The molecule has 5 heteroatoms. The smallest absolute Gasteiger partial charge is 0.251 e. The molecule has 0 saturated heterocycles. The summed E-state index contributed by atoms with van der Waals surface area (Å²) in [7, 11) is 0. The van der Waals surface area contributed by atoms with Gasteiger partial charge in [0.05, 0.1) is 11.9 Å². The molecule has 0 aliphatic carbocycles. The van der Waals surface area contributed by atoms with Crippen molar-refractivity contribution in [2.75, 3.05) is 0 Å². The SMILES string of the molecule is O=C1NCc2c1cccc2-c1cnc2cc(F)ccn12. The number of benzene rings is 1. The molecule has 1 N–H and O–H groups in total. The zero-order valence-corrected chi connectivity index (χ0v) is 10.4. The highest BCUT2D eigenvalue weighted by Crippen LogP contribution is 2.29. The van der Waals surface area contributed by atoms with Crippen LogP contribution in [0.15, 0.2) is 42.7 Å². The molecule has 3 aromatic rings. The molecule has 1 amide bonds. The van der Waals surface area contributed by atoms with E-state index in [-0.39, 0.29) is 11.7 Å². The monoisotopic (exact) mass is 267 g/mol. The number of hydrogen-bond acceptors (Lipinski definition) is 2. The number of amides is 1. The van der Waals surface area contributed by atoms with E-state index in [4.69, 9.17) is 0 Å². The van der Waals surface area contributed by atoms with Gasteiger partial charge in [0.1, 0.15) is 11.5 Å². The zero-order chi connectivity index (χ0) is 13.7. The van der Waals surface area contributed by atoms with Crippen LogP contribution in [0.4, 0.5) is 4.39 Å². The third-order valence-corrected chi connectivity index (χ3v) is 3.60. The largest absolute Gasteiger partial charge is 0.348 e. The van der Waals surface area contributed by atoms with Crippen LogP contribution in [0, 0.1) is 5.82 Å². The number of pyridine rings is 1. The molecule has 1 aromatic carbocycles. The maximum atomic E-state index is 13.2. The zero-order valence-electron chi connectivity index (χ0n) is 10.4. The number of aromatic nitrogens is 2. The van der Waals surface area contributed by atoms with Crippen molar-refractivity contribution in [3.63, 3.8) is 0 Å². The average molecular weight is 267 g/mol. The van der Waals surface area contributed by atoms with Crippen molar-refractivity contribution < 1.29 is 9.18 Å². The molecule has 0 unspecified atom stereocenters. The fourth-order valence-electron chi connectivity index (χ4n) is 2.65. The average Bonchev–Trinajstić information content (AvgIpc) is 3.03. The Morgan fingerprint density at radius 1 is 1.25 bits per heavy atom. The molecule has 3 heterocycles. The van der Waals surface area contributed by atoms with E-state index < -0.39 is 0 Å². The topological polar surface area (TPSA) is 46.4 Å². The molecule has 0 saturated carbocycles. The molecule has 98 valence electrons. The van der Waals surface area contributed by atoms with Gasteiger partial charge in [-0.25, -0.2) is 9.37 Å². The van der Waals surface area contributed by atoms with Crippen LogP contribution < -0.4 is 5.32 Å². The summed E-state index contributed by atoms with van der Waals surface area (Å²) >= 11 is 0. The Hall–Kier alpha value is -2.69. The second kappa shape index (κ2) is 3.90. The minimum absolute atomic E-state index is 0.0540. The Morgan fingerprint density at radius 3 is 3.00 bits per heavy atom. The summed E-state index contributed by atoms with van der Waals surface area (Å²) in [5, 5.41) is 2.82. The lowest BCUT2D eigenvalue weighted by Crippen LogP contribution is -2.12. The normalized spacial score (nSPS) is 13.6. The summed E-state index contributed by atoms with van der Waals surface area (Å²) in [6, 6.07) is 8.39. The summed E-state index contributed by atoms with van der Waals surface area (Å²) in [5.74, 6) is -0.369. The van der Waals surface area contributed by atoms with E-state index in [0.717, 1.165) is 16.8 Å². The van der Waals surface area contributed by atoms with Crippen molar-refractivity contribution in [1.29, 1.82) is 0 Å². The molecule has 20 heavy (non-hydrogen) atoms. The van der Waals surface area contributed by atoms with Gasteiger partial charge in [0, 0.05) is 29.9 Å². The summed E-state index contributed by atoms with van der Waals surface area (Å²) in [5.41, 5.74) is 4.01. The molecule has 0 bridgehead atoms. The Labute approximate surface area is 113 Å². The fourth-order valence-corrected chi connectivity index (χ4v) is 2.65. The second-order valence-electron chi connectivity index (χ2n) is 4.73. The summed E-state index contributed by atoms with van der Waals surface area (Å²) < 4.78 is 15.0. The van der Waals surface area contributed by atoms with Gasteiger partial charge in [-0.3, -0.25) is 9.20 Å². The number of nitrogens with zero attached hydrogens (tertiary/aromatic N) is 2. The minimum atomic E-state index is -0.315. The maximum Gasteiger partial charge on any atom is 0.251 e. The number of halogens is 1. The van der Waals surface area contributed by atoms with E-state index in [9.17, 15) is 9.18 Å². The standard InChI is InChI=1S/C15H10FN3O/c16-9-4-5-19-13(8-17-14(19)6-9)10-2-1-3-11-12(10)7-18-15(11)20/h1-6,8H,7H2,(H,18,20). The van der Waals surface area contributed by atoms with E-state index >= 15 is 0 Å².